The van der Waals surface area contributed by atoms with Crippen LogP contribution in [-0.2, 0) is 11.3 Å². The van der Waals surface area contributed by atoms with Crippen LogP contribution < -0.4 is 14.8 Å². The van der Waals surface area contributed by atoms with Crippen LogP contribution in [0.4, 0.5) is 0 Å². The van der Waals surface area contributed by atoms with E-state index in [-0.39, 0.29) is 0 Å². The number of nitrogens with one attached hydrogen (secondary N) is 1. The first-order valence-corrected chi connectivity index (χ1v) is 6.77. The second kappa shape index (κ2) is 6.41. The minimum Gasteiger partial charge on any atom is -0.454 e. The lowest BCUT2D eigenvalue weighted by molar-refractivity contribution is 0.158. The maximum Gasteiger partial charge on any atom is 0.231 e. The molecule has 0 radical (unpaired) electrons. The second-order valence-electron chi connectivity index (χ2n) is 4.49. The van der Waals surface area contributed by atoms with E-state index in [1.54, 1.807) is 7.11 Å². The van der Waals surface area contributed by atoms with Gasteiger partial charge in [0.15, 0.2) is 11.5 Å². The van der Waals surface area contributed by atoms with Gasteiger partial charge in [-0.1, -0.05) is 22.9 Å². The number of hydrogen-bond acceptors (Lipinski definition) is 4. The second-order valence-corrected chi connectivity index (χ2v) is 5.34. The lowest BCUT2D eigenvalue weighted by Gasteiger charge is -2.12. The van der Waals surface area contributed by atoms with E-state index in [9.17, 15) is 0 Å². The topological polar surface area (TPSA) is 39.7 Å². The largest absolute Gasteiger partial charge is 0.454 e. The van der Waals surface area contributed by atoms with Crippen LogP contribution in [0.5, 0.6) is 11.5 Å². The molecule has 1 aliphatic rings. The van der Waals surface area contributed by atoms with Gasteiger partial charge in [-0.3, -0.25) is 0 Å². The number of rotatable bonds is 6. The first kappa shape index (κ1) is 13.6. The van der Waals surface area contributed by atoms with Crippen molar-refractivity contribution in [3.05, 3.63) is 22.2 Å². The van der Waals surface area contributed by atoms with Gasteiger partial charge in [0.2, 0.25) is 6.79 Å². The summed E-state index contributed by atoms with van der Waals surface area (Å²) in [6.07, 6.45) is 0. The Hall–Kier alpha value is -0.780. The molecule has 100 valence electrons. The van der Waals surface area contributed by atoms with E-state index in [4.69, 9.17) is 14.2 Å². The predicted octanol–water partition coefficient (Wildman–Crippen LogP) is 2.55. The van der Waals surface area contributed by atoms with Crippen molar-refractivity contribution in [1.82, 2.24) is 5.32 Å². The molecule has 2 rings (SSSR count). The maximum absolute atomic E-state index is 5.37. The normalized spacial score (nSPS) is 14.8. The molecule has 0 spiro atoms. The predicted molar refractivity (Wildman–Crippen MR) is 73.0 cm³/mol. The van der Waals surface area contributed by atoms with E-state index in [2.05, 4.69) is 28.2 Å². The van der Waals surface area contributed by atoms with Gasteiger partial charge in [0.1, 0.15) is 0 Å². The van der Waals surface area contributed by atoms with E-state index < -0.39 is 0 Å². The van der Waals surface area contributed by atoms with E-state index in [1.807, 2.05) is 12.1 Å². The molecule has 0 fully saturated rings. The summed E-state index contributed by atoms with van der Waals surface area (Å²) in [5.41, 5.74) is 1.17. The Bertz CT molecular complexity index is 411. The number of benzene rings is 1. The molecule has 1 unspecified atom stereocenters. The third kappa shape index (κ3) is 3.37. The molecule has 1 N–H and O–H groups in total. The van der Waals surface area contributed by atoms with Crippen molar-refractivity contribution >= 4 is 15.9 Å². The van der Waals surface area contributed by atoms with Gasteiger partial charge in [-0.15, -0.1) is 0 Å². The van der Waals surface area contributed by atoms with Gasteiger partial charge in [-0.25, -0.2) is 0 Å². The molecule has 5 heteroatoms. The zero-order chi connectivity index (χ0) is 13.0. The summed E-state index contributed by atoms with van der Waals surface area (Å²) in [4.78, 5) is 0. The van der Waals surface area contributed by atoms with Crippen LogP contribution in [0, 0.1) is 5.92 Å². The summed E-state index contributed by atoms with van der Waals surface area (Å²) in [6.45, 7) is 4.96. The van der Waals surface area contributed by atoms with Crippen molar-refractivity contribution in [3.63, 3.8) is 0 Å². The highest BCUT2D eigenvalue weighted by molar-refractivity contribution is 9.10. The van der Waals surface area contributed by atoms with Gasteiger partial charge >= 0.3 is 0 Å². The van der Waals surface area contributed by atoms with Crippen molar-refractivity contribution in [1.29, 1.82) is 0 Å². The molecular weight excluding hydrogens is 298 g/mol. The molecule has 1 heterocycles. The summed E-state index contributed by atoms with van der Waals surface area (Å²) in [5.74, 6) is 2.13. The van der Waals surface area contributed by atoms with Crippen LogP contribution in [0.15, 0.2) is 16.6 Å². The first-order valence-electron chi connectivity index (χ1n) is 5.98. The highest BCUT2D eigenvalue weighted by Gasteiger charge is 2.16. The van der Waals surface area contributed by atoms with Gasteiger partial charge < -0.3 is 19.5 Å². The molecule has 1 aliphatic heterocycles. The van der Waals surface area contributed by atoms with Crippen LogP contribution in [0.2, 0.25) is 0 Å². The summed E-state index contributed by atoms with van der Waals surface area (Å²) < 4.78 is 16.8. The van der Waals surface area contributed by atoms with Gasteiger partial charge in [0, 0.05) is 31.3 Å². The highest BCUT2D eigenvalue weighted by atomic mass is 79.9. The molecule has 0 saturated carbocycles. The third-order valence-electron chi connectivity index (χ3n) is 2.80. The number of halogens is 1. The fourth-order valence-corrected chi connectivity index (χ4v) is 2.35. The number of fused-ring (bicyclic) bond motifs is 1. The van der Waals surface area contributed by atoms with Gasteiger partial charge in [0.05, 0.1) is 0 Å². The Balaban J connectivity index is 1.90. The molecule has 1 atom stereocenters. The quantitative estimate of drug-likeness (QED) is 0.875. The average Bonchev–Trinajstić information content (AvgIpc) is 2.76. The number of hydrogen-bond donors (Lipinski definition) is 1. The number of methoxy groups -OCH3 is 1. The van der Waals surface area contributed by atoms with E-state index >= 15 is 0 Å². The molecule has 18 heavy (non-hydrogen) atoms. The third-order valence-corrected chi connectivity index (χ3v) is 3.54. The lowest BCUT2D eigenvalue weighted by Crippen LogP contribution is -2.23. The summed E-state index contributed by atoms with van der Waals surface area (Å²) in [7, 11) is 1.73. The van der Waals surface area contributed by atoms with Crippen molar-refractivity contribution in [2.45, 2.75) is 13.5 Å². The Morgan fingerprint density at radius 2 is 2.11 bits per heavy atom. The van der Waals surface area contributed by atoms with Crippen LogP contribution in [-0.4, -0.2) is 27.1 Å². The van der Waals surface area contributed by atoms with E-state index in [1.165, 1.54) is 5.56 Å². The molecular formula is C13H18BrNO3. The molecule has 0 saturated heterocycles. The van der Waals surface area contributed by atoms with Crippen molar-refractivity contribution in [3.8, 4) is 11.5 Å². The molecule has 0 bridgehead atoms. The summed E-state index contributed by atoms with van der Waals surface area (Å²) in [5, 5.41) is 3.41. The van der Waals surface area contributed by atoms with Crippen LogP contribution in [0.3, 0.4) is 0 Å². The monoisotopic (exact) mass is 315 g/mol. The zero-order valence-corrected chi connectivity index (χ0v) is 12.2. The molecule has 1 aromatic carbocycles. The van der Waals surface area contributed by atoms with Gasteiger partial charge in [-0.05, 0) is 23.6 Å². The maximum atomic E-state index is 5.37. The van der Waals surface area contributed by atoms with Crippen molar-refractivity contribution in [2.75, 3.05) is 27.1 Å². The van der Waals surface area contributed by atoms with Crippen molar-refractivity contribution in [2.24, 2.45) is 5.92 Å². The van der Waals surface area contributed by atoms with Gasteiger partial charge in [-0.2, -0.15) is 0 Å². The van der Waals surface area contributed by atoms with Gasteiger partial charge in [0.25, 0.3) is 0 Å². The van der Waals surface area contributed by atoms with E-state index in [0.717, 1.165) is 35.7 Å². The lowest BCUT2D eigenvalue weighted by atomic mass is 10.1. The highest BCUT2D eigenvalue weighted by Crippen LogP contribution is 2.36. The summed E-state index contributed by atoms with van der Waals surface area (Å²) >= 11 is 3.55. The molecule has 0 amide bonds. The van der Waals surface area contributed by atoms with E-state index in [0.29, 0.717) is 12.7 Å². The first-order chi connectivity index (χ1) is 8.70. The fourth-order valence-electron chi connectivity index (χ4n) is 1.89. The standard InChI is InChI=1S/C13H18BrNO3/c1-9(7-16-2)5-15-6-10-3-12-13(4-11(10)14)18-8-17-12/h3-4,9,15H,5-8H2,1-2H3. The molecule has 1 aromatic rings. The Morgan fingerprint density at radius 3 is 2.83 bits per heavy atom. The molecule has 0 aromatic heterocycles. The minimum atomic E-state index is 0.309. The summed E-state index contributed by atoms with van der Waals surface area (Å²) in [6, 6.07) is 3.97. The minimum absolute atomic E-state index is 0.309. The fraction of sp³-hybridized carbons (Fsp3) is 0.538. The Morgan fingerprint density at radius 1 is 1.39 bits per heavy atom. The van der Waals surface area contributed by atoms with Crippen LogP contribution in [0.25, 0.3) is 0 Å². The SMILES string of the molecule is COCC(C)CNCc1cc2c(cc1Br)OCO2. The molecule has 0 aliphatic carbocycles. The smallest absolute Gasteiger partial charge is 0.231 e. The van der Waals surface area contributed by atoms with Crippen molar-refractivity contribution < 1.29 is 14.2 Å². The number of ether oxygens (including phenoxy) is 3. The average molecular weight is 316 g/mol. The van der Waals surface area contributed by atoms with Crippen LogP contribution in [0.1, 0.15) is 12.5 Å². The van der Waals surface area contributed by atoms with Crippen LogP contribution >= 0.6 is 15.9 Å². The Kier molecular flexibility index (Phi) is 4.86. The zero-order valence-electron chi connectivity index (χ0n) is 10.7. The Labute approximate surface area is 116 Å². The molecule has 4 nitrogen and oxygen atoms in total.